The maximum atomic E-state index is 12.2. The fraction of sp³-hybridized carbons (Fsp3) is 0.278. The van der Waals surface area contributed by atoms with E-state index in [1.165, 1.54) is 7.11 Å². The van der Waals surface area contributed by atoms with Gasteiger partial charge in [-0.2, -0.15) is 0 Å². The van der Waals surface area contributed by atoms with E-state index in [0.717, 1.165) is 0 Å². The second-order valence-electron chi connectivity index (χ2n) is 5.57. The Kier molecular flexibility index (Phi) is 5.85. The highest BCUT2D eigenvalue weighted by Crippen LogP contribution is 2.38. The monoisotopic (exact) mass is 422 g/mol. The number of fused-ring (bicyclic) bond motifs is 1. The molecule has 0 aliphatic carbocycles. The molecule has 0 radical (unpaired) electrons. The van der Waals surface area contributed by atoms with Crippen molar-refractivity contribution in [2.45, 2.75) is 6.10 Å². The zero-order chi connectivity index (χ0) is 18.5. The van der Waals surface area contributed by atoms with Crippen molar-refractivity contribution in [2.75, 3.05) is 32.2 Å². The zero-order valence-corrected chi connectivity index (χ0v) is 15.7. The summed E-state index contributed by atoms with van der Waals surface area (Å²) in [5.41, 5.74) is 1.15. The van der Waals surface area contributed by atoms with Crippen LogP contribution < -0.4 is 24.8 Å². The molecule has 0 spiro atoms. The molecule has 3 rings (SSSR count). The van der Waals surface area contributed by atoms with Crippen LogP contribution in [0, 0.1) is 0 Å². The number of carbonyl (C=O) groups is 1. The molecule has 2 aromatic rings. The van der Waals surface area contributed by atoms with Gasteiger partial charge in [0, 0.05) is 28.7 Å². The van der Waals surface area contributed by atoms with Crippen molar-refractivity contribution in [3.8, 4) is 17.2 Å². The minimum atomic E-state index is -0.888. The predicted molar refractivity (Wildman–Crippen MR) is 100 cm³/mol. The predicted octanol–water partition coefficient (Wildman–Crippen LogP) is 3.08. The summed E-state index contributed by atoms with van der Waals surface area (Å²) >= 11 is 3.40. The van der Waals surface area contributed by atoms with Gasteiger partial charge in [0.1, 0.15) is 19.0 Å². The number of amides is 2. The number of benzene rings is 2. The van der Waals surface area contributed by atoms with Crippen LogP contribution in [0.1, 0.15) is 11.7 Å². The lowest BCUT2D eigenvalue weighted by Crippen LogP contribution is -2.32. The molecule has 1 aliphatic heterocycles. The lowest BCUT2D eigenvalue weighted by Gasteiger charge is -2.20. The number of halogens is 1. The van der Waals surface area contributed by atoms with E-state index in [0.29, 0.717) is 46.2 Å². The maximum absolute atomic E-state index is 12.2. The smallest absolute Gasteiger partial charge is 0.319 e. The average molecular weight is 423 g/mol. The molecule has 2 amide bonds. The highest BCUT2D eigenvalue weighted by molar-refractivity contribution is 9.10. The lowest BCUT2D eigenvalue weighted by molar-refractivity contribution is 0.171. The first-order valence-corrected chi connectivity index (χ1v) is 8.82. The quantitative estimate of drug-likeness (QED) is 0.688. The summed E-state index contributed by atoms with van der Waals surface area (Å²) in [6.07, 6.45) is -0.888. The molecule has 1 aliphatic rings. The van der Waals surface area contributed by atoms with E-state index in [1.807, 2.05) is 6.07 Å². The number of carbonyl (C=O) groups excluding carboxylic acids is 1. The summed E-state index contributed by atoms with van der Waals surface area (Å²) in [5.74, 6) is 1.77. The van der Waals surface area contributed by atoms with Crippen LogP contribution in [0.25, 0.3) is 0 Å². The van der Waals surface area contributed by atoms with Crippen LogP contribution in [-0.2, 0) is 0 Å². The van der Waals surface area contributed by atoms with Crippen molar-refractivity contribution in [3.63, 3.8) is 0 Å². The summed E-state index contributed by atoms with van der Waals surface area (Å²) in [6.45, 7) is 0.993. The molecular weight excluding hydrogens is 404 g/mol. The van der Waals surface area contributed by atoms with Crippen molar-refractivity contribution in [3.05, 3.63) is 46.4 Å². The Bertz CT molecular complexity index is 799. The van der Waals surface area contributed by atoms with Gasteiger partial charge in [0.05, 0.1) is 18.9 Å². The fourth-order valence-corrected chi connectivity index (χ4v) is 2.99. The van der Waals surface area contributed by atoms with Crippen LogP contribution in [0.5, 0.6) is 17.2 Å². The Morgan fingerprint density at radius 2 is 1.96 bits per heavy atom. The third kappa shape index (κ3) is 4.20. The van der Waals surface area contributed by atoms with E-state index in [1.54, 1.807) is 30.3 Å². The Morgan fingerprint density at radius 1 is 1.27 bits per heavy atom. The Morgan fingerprint density at radius 3 is 2.69 bits per heavy atom. The van der Waals surface area contributed by atoms with Gasteiger partial charge in [-0.15, -0.1) is 0 Å². The number of aliphatic hydroxyl groups is 1. The van der Waals surface area contributed by atoms with E-state index in [4.69, 9.17) is 14.2 Å². The van der Waals surface area contributed by atoms with E-state index in [-0.39, 0.29) is 6.54 Å². The van der Waals surface area contributed by atoms with Gasteiger partial charge in [-0.1, -0.05) is 18.2 Å². The molecule has 3 N–H and O–H groups in total. The van der Waals surface area contributed by atoms with Crippen molar-refractivity contribution in [2.24, 2.45) is 0 Å². The van der Waals surface area contributed by atoms with Gasteiger partial charge < -0.3 is 30.0 Å². The number of aliphatic hydroxyl groups excluding tert-OH is 1. The lowest BCUT2D eigenvalue weighted by atomic mass is 10.1. The first-order chi connectivity index (χ1) is 12.6. The van der Waals surface area contributed by atoms with E-state index < -0.39 is 12.1 Å². The molecular formula is C18H19BrN2O5. The van der Waals surface area contributed by atoms with Crippen molar-refractivity contribution in [1.82, 2.24) is 5.32 Å². The number of hydrogen-bond donors (Lipinski definition) is 3. The third-order valence-electron chi connectivity index (χ3n) is 3.83. The van der Waals surface area contributed by atoms with Crippen molar-refractivity contribution in [1.29, 1.82) is 0 Å². The number of urea groups is 1. The normalized spacial score (nSPS) is 13.7. The molecule has 26 heavy (non-hydrogen) atoms. The topological polar surface area (TPSA) is 89.1 Å². The Hall–Kier alpha value is -2.45. The third-order valence-corrected chi connectivity index (χ3v) is 4.49. The van der Waals surface area contributed by atoms with Crippen LogP contribution >= 0.6 is 15.9 Å². The molecule has 0 bridgehead atoms. The highest BCUT2D eigenvalue weighted by atomic mass is 79.9. The number of rotatable bonds is 5. The van der Waals surface area contributed by atoms with Gasteiger partial charge in [0.25, 0.3) is 0 Å². The number of hydrogen-bond acceptors (Lipinski definition) is 5. The van der Waals surface area contributed by atoms with Gasteiger partial charge in [0.15, 0.2) is 11.5 Å². The molecule has 0 aromatic heterocycles. The van der Waals surface area contributed by atoms with Crippen molar-refractivity contribution >= 4 is 27.6 Å². The highest BCUT2D eigenvalue weighted by Gasteiger charge is 2.17. The molecule has 7 nitrogen and oxygen atoms in total. The number of anilines is 1. The Balaban J connectivity index is 1.61. The average Bonchev–Trinajstić information content (AvgIpc) is 2.66. The zero-order valence-electron chi connectivity index (χ0n) is 14.1. The van der Waals surface area contributed by atoms with Crippen LogP contribution in [0.2, 0.25) is 0 Å². The number of nitrogens with one attached hydrogen (secondary N) is 2. The van der Waals surface area contributed by atoms with Crippen LogP contribution in [0.3, 0.4) is 0 Å². The second-order valence-corrected chi connectivity index (χ2v) is 6.42. The van der Waals surface area contributed by atoms with Gasteiger partial charge in [0.2, 0.25) is 0 Å². The molecule has 1 heterocycles. The Labute approximate surface area is 159 Å². The minimum Gasteiger partial charge on any atom is -0.496 e. The maximum Gasteiger partial charge on any atom is 0.319 e. The van der Waals surface area contributed by atoms with Gasteiger partial charge in [-0.05, 0) is 22.0 Å². The largest absolute Gasteiger partial charge is 0.496 e. The van der Waals surface area contributed by atoms with Crippen molar-refractivity contribution < 1.29 is 24.1 Å². The molecule has 8 heteroatoms. The fourth-order valence-electron chi connectivity index (χ4n) is 2.57. The van der Waals surface area contributed by atoms with Gasteiger partial charge in [-0.3, -0.25) is 0 Å². The number of methoxy groups -OCH3 is 1. The summed E-state index contributed by atoms with van der Waals surface area (Å²) in [4.78, 5) is 12.2. The van der Waals surface area contributed by atoms with E-state index >= 15 is 0 Å². The molecule has 138 valence electrons. The molecule has 1 atom stereocenters. The minimum absolute atomic E-state index is 0.0361. The molecule has 0 saturated heterocycles. The molecule has 0 fully saturated rings. The summed E-state index contributed by atoms with van der Waals surface area (Å²) in [5, 5.41) is 15.7. The summed E-state index contributed by atoms with van der Waals surface area (Å²) in [6, 6.07) is 10.1. The molecule has 0 saturated carbocycles. The first-order valence-electron chi connectivity index (χ1n) is 8.03. The van der Waals surface area contributed by atoms with Crippen LogP contribution in [-0.4, -0.2) is 38.0 Å². The van der Waals surface area contributed by atoms with E-state index in [9.17, 15) is 9.90 Å². The number of para-hydroxylation sites is 1. The molecule has 2 aromatic carbocycles. The first kappa shape index (κ1) is 18.3. The molecule has 0 unspecified atom stereocenters. The SMILES string of the molecule is COc1ccccc1[C@H](O)CNC(=O)Nc1cc2c(cc1Br)OCCO2. The second kappa shape index (κ2) is 8.29. The summed E-state index contributed by atoms with van der Waals surface area (Å²) < 4.78 is 16.9. The van der Waals surface area contributed by atoms with Crippen LogP contribution in [0.15, 0.2) is 40.9 Å². The number of ether oxygens (including phenoxy) is 3. The van der Waals surface area contributed by atoms with Gasteiger partial charge in [-0.25, -0.2) is 4.79 Å². The van der Waals surface area contributed by atoms with Crippen LogP contribution in [0.4, 0.5) is 10.5 Å². The van der Waals surface area contributed by atoms with Gasteiger partial charge >= 0.3 is 6.03 Å². The summed E-state index contributed by atoms with van der Waals surface area (Å²) in [7, 11) is 1.53. The van der Waals surface area contributed by atoms with E-state index in [2.05, 4.69) is 26.6 Å². The standard InChI is InChI=1S/C18H19BrN2O5/c1-24-15-5-3-2-4-11(15)14(22)10-20-18(23)21-13-9-17-16(8-12(13)19)25-6-7-26-17/h2-5,8-9,14,22H,6-7,10H2,1H3,(H2,20,21,23)/t14-/m1/s1.